The average Bonchev–Trinajstić information content (AvgIpc) is 2.45. The lowest BCUT2D eigenvalue weighted by Gasteiger charge is -2.05. The van der Waals surface area contributed by atoms with Gasteiger partial charge in [0.15, 0.2) is 0 Å². The van der Waals surface area contributed by atoms with Gasteiger partial charge >= 0.3 is 0 Å². The zero-order valence-corrected chi connectivity index (χ0v) is 8.44. The van der Waals surface area contributed by atoms with Crippen molar-refractivity contribution in [3.05, 3.63) is 10.7 Å². The second-order valence-electron chi connectivity index (χ2n) is 2.59. The van der Waals surface area contributed by atoms with Gasteiger partial charge < -0.3 is 10.5 Å². The molecule has 0 bridgehead atoms. The van der Waals surface area contributed by atoms with E-state index < -0.39 is 0 Å². The van der Waals surface area contributed by atoms with E-state index in [-0.39, 0.29) is 6.10 Å². The van der Waals surface area contributed by atoms with E-state index in [2.05, 4.69) is 11.9 Å². The van der Waals surface area contributed by atoms with Crippen molar-refractivity contribution in [2.24, 2.45) is 0 Å². The van der Waals surface area contributed by atoms with Crippen LogP contribution in [0.25, 0.3) is 0 Å². The third-order valence-electron chi connectivity index (χ3n) is 1.77. The summed E-state index contributed by atoms with van der Waals surface area (Å²) in [6.45, 7) is 4.02. The summed E-state index contributed by atoms with van der Waals surface area (Å²) in [6.07, 6.45) is 0.937. The number of ether oxygens (including phenoxy) is 1. The molecule has 2 N–H and O–H groups in total. The molecule has 0 radical (unpaired) electrons. The number of anilines is 1. The molecule has 1 aromatic rings. The summed E-state index contributed by atoms with van der Waals surface area (Å²) in [6, 6.07) is 0. The number of nitrogens with zero attached hydrogens (tertiary/aromatic N) is 1. The van der Waals surface area contributed by atoms with E-state index in [9.17, 15) is 0 Å². The number of hydrogen-bond acceptors (Lipinski definition) is 4. The van der Waals surface area contributed by atoms with Crippen LogP contribution in [0.4, 0.5) is 5.00 Å². The van der Waals surface area contributed by atoms with Gasteiger partial charge in [0.1, 0.15) is 10.7 Å². The summed E-state index contributed by atoms with van der Waals surface area (Å²) < 4.78 is 5.14. The SMILES string of the molecule is CCc1nc(C(C)OC)c(N)s1. The Hall–Kier alpha value is -0.610. The fourth-order valence-corrected chi connectivity index (χ4v) is 1.80. The zero-order chi connectivity index (χ0) is 9.14. The molecule has 3 nitrogen and oxygen atoms in total. The predicted octanol–water partition coefficient (Wildman–Crippen LogP) is 2.00. The zero-order valence-electron chi connectivity index (χ0n) is 7.63. The Kier molecular flexibility index (Phi) is 3.05. The molecule has 0 aromatic carbocycles. The van der Waals surface area contributed by atoms with Crippen LogP contribution in [0.5, 0.6) is 0 Å². The Labute approximate surface area is 76.6 Å². The van der Waals surface area contributed by atoms with Crippen LogP contribution < -0.4 is 5.73 Å². The molecule has 0 spiro atoms. The van der Waals surface area contributed by atoms with Gasteiger partial charge in [-0.25, -0.2) is 4.98 Å². The van der Waals surface area contributed by atoms with Crippen molar-refractivity contribution in [1.82, 2.24) is 4.98 Å². The maximum Gasteiger partial charge on any atom is 0.112 e. The lowest BCUT2D eigenvalue weighted by molar-refractivity contribution is 0.117. The van der Waals surface area contributed by atoms with Crippen LogP contribution in [0.1, 0.15) is 30.7 Å². The van der Waals surface area contributed by atoms with E-state index in [0.717, 1.165) is 22.1 Å². The predicted molar refractivity (Wildman–Crippen MR) is 51.3 cm³/mol. The molecule has 0 saturated carbocycles. The maximum absolute atomic E-state index is 5.77. The van der Waals surface area contributed by atoms with Crippen LogP contribution >= 0.6 is 11.3 Å². The van der Waals surface area contributed by atoms with Crippen molar-refractivity contribution in [1.29, 1.82) is 0 Å². The monoisotopic (exact) mass is 186 g/mol. The summed E-state index contributed by atoms with van der Waals surface area (Å²) in [5, 5.41) is 1.85. The van der Waals surface area contributed by atoms with Gasteiger partial charge in [-0.05, 0) is 13.3 Å². The van der Waals surface area contributed by atoms with Crippen LogP contribution in [0.3, 0.4) is 0 Å². The number of aryl methyl sites for hydroxylation is 1. The van der Waals surface area contributed by atoms with Crippen molar-refractivity contribution in [3.63, 3.8) is 0 Å². The van der Waals surface area contributed by atoms with E-state index in [4.69, 9.17) is 10.5 Å². The second kappa shape index (κ2) is 3.87. The highest BCUT2D eigenvalue weighted by atomic mass is 32.1. The second-order valence-corrected chi connectivity index (χ2v) is 3.70. The van der Waals surface area contributed by atoms with Gasteiger partial charge in [-0.1, -0.05) is 6.92 Å². The first-order valence-electron chi connectivity index (χ1n) is 3.96. The molecule has 0 fully saturated rings. The number of methoxy groups -OCH3 is 1. The minimum Gasteiger partial charge on any atom is -0.389 e. The summed E-state index contributed by atoms with van der Waals surface area (Å²) in [7, 11) is 1.66. The van der Waals surface area contributed by atoms with Gasteiger partial charge in [0.05, 0.1) is 11.1 Å². The molecule has 4 heteroatoms. The number of aromatic nitrogens is 1. The number of rotatable bonds is 3. The van der Waals surface area contributed by atoms with E-state index in [1.807, 2.05) is 6.92 Å². The van der Waals surface area contributed by atoms with E-state index in [0.29, 0.717) is 0 Å². The van der Waals surface area contributed by atoms with E-state index in [1.165, 1.54) is 0 Å². The Morgan fingerprint density at radius 3 is 2.75 bits per heavy atom. The normalized spacial score (nSPS) is 13.2. The summed E-state index contributed by atoms with van der Waals surface area (Å²) in [4.78, 5) is 4.37. The lowest BCUT2D eigenvalue weighted by atomic mass is 10.3. The van der Waals surface area contributed by atoms with Crippen LogP contribution in [0.15, 0.2) is 0 Å². The van der Waals surface area contributed by atoms with Crippen molar-refractivity contribution in [3.8, 4) is 0 Å². The summed E-state index contributed by atoms with van der Waals surface area (Å²) in [5.74, 6) is 0. The fourth-order valence-electron chi connectivity index (χ4n) is 0.946. The van der Waals surface area contributed by atoms with Crippen LogP contribution in [0, 0.1) is 0 Å². The van der Waals surface area contributed by atoms with Crippen LogP contribution in [0.2, 0.25) is 0 Å². The number of hydrogen-bond donors (Lipinski definition) is 1. The molecular formula is C8H14N2OS. The Bertz CT molecular complexity index is 260. The minimum atomic E-state index is 0.00144. The lowest BCUT2D eigenvalue weighted by Crippen LogP contribution is -1.99. The highest BCUT2D eigenvalue weighted by molar-refractivity contribution is 7.15. The van der Waals surface area contributed by atoms with E-state index in [1.54, 1.807) is 18.4 Å². The Morgan fingerprint density at radius 1 is 1.67 bits per heavy atom. The third-order valence-corrected chi connectivity index (χ3v) is 2.81. The molecule has 0 amide bonds. The molecule has 12 heavy (non-hydrogen) atoms. The van der Waals surface area contributed by atoms with Crippen LogP contribution in [-0.4, -0.2) is 12.1 Å². The van der Waals surface area contributed by atoms with Crippen molar-refractivity contribution in [2.45, 2.75) is 26.4 Å². The van der Waals surface area contributed by atoms with Gasteiger partial charge in [-0.15, -0.1) is 11.3 Å². The molecule has 0 aliphatic carbocycles. The van der Waals surface area contributed by atoms with Gasteiger partial charge in [0.2, 0.25) is 0 Å². The minimum absolute atomic E-state index is 0.00144. The topological polar surface area (TPSA) is 48.1 Å². The molecule has 0 saturated heterocycles. The first-order chi connectivity index (χ1) is 5.69. The standard InChI is InChI=1S/C8H14N2OS/c1-4-6-10-7(5(2)11-3)8(9)12-6/h5H,4,9H2,1-3H3. The molecule has 0 aliphatic heterocycles. The van der Waals surface area contributed by atoms with Gasteiger partial charge in [-0.3, -0.25) is 0 Å². The summed E-state index contributed by atoms with van der Waals surface area (Å²) in [5.41, 5.74) is 6.64. The first kappa shape index (κ1) is 9.48. The Morgan fingerprint density at radius 2 is 2.33 bits per heavy atom. The van der Waals surface area contributed by atoms with Crippen molar-refractivity contribution >= 4 is 16.3 Å². The third kappa shape index (κ3) is 1.76. The molecule has 1 unspecified atom stereocenters. The highest BCUT2D eigenvalue weighted by Crippen LogP contribution is 2.27. The first-order valence-corrected chi connectivity index (χ1v) is 4.78. The smallest absolute Gasteiger partial charge is 0.112 e. The van der Waals surface area contributed by atoms with Crippen molar-refractivity contribution < 1.29 is 4.74 Å². The van der Waals surface area contributed by atoms with Crippen molar-refractivity contribution in [2.75, 3.05) is 12.8 Å². The quantitative estimate of drug-likeness (QED) is 0.785. The largest absolute Gasteiger partial charge is 0.389 e. The molecule has 68 valence electrons. The molecule has 1 aromatic heterocycles. The molecular weight excluding hydrogens is 172 g/mol. The van der Waals surface area contributed by atoms with E-state index >= 15 is 0 Å². The molecule has 1 heterocycles. The number of nitrogen functional groups attached to an aromatic ring is 1. The molecule has 0 aliphatic rings. The average molecular weight is 186 g/mol. The number of nitrogens with two attached hydrogens (primary N) is 1. The molecule has 1 rings (SSSR count). The maximum atomic E-state index is 5.77. The van der Waals surface area contributed by atoms with Crippen LogP contribution in [-0.2, 0) is 11.2 Å². The van der Waals surface area contributed by atoms with Gasteiger partial charge in [-0.2, -0.15) is 0 Å². The van der Waals surface area contributed by atoms with Gasteiger partial charge in [0, 0.05) is 7.11 Å². The Balaban J connectivity index is 2.91. The molecule has 1 atom stereocenters. The van der Waals surface area contributed by atoms with Gasteiger partial charge in [0.25, 0.3) is 0 Å². The summed E-state index contributed by atoms with van der Waals surface area (Å²) >= 11 is 1.54. The fraction of sp³-hybridized carbons (Fsp3) is 0.625. The highest BCUT2D eigenvalue weighted by Gasteiger charge is 2.13. The number of thiazole rings is 1.